The minimum atomic E-state index is -3.77. The van der Waals surface area contributed by atoms with Gasteiger partial charge in [-0.1, -0.05) is 17.7 Å². The van der Waals surface area contributed by atoms with Crippen LogP contribution in [0.4, 0.5) is 4.79 Å². The van der Waals surface area contributed by atoms with Crippen molar-refractivity contribution in [2.75, 3.05) is 52.8 Å². The predicted octanol–water partition coefficient (Wildman–Crippen LogP) is 2.27. The van der Waals surface area contributed by atoms with Crippen molar-refractivity contribution in [3.05, 3.63) is 29.8 Å². The van der Waals surface area contributed by atoms with Crippen LogP contribution in [-0.4, -0.2) is 72.9 Å². The number of nitrogens with one attached hydrogen (secondary N) is 1. The van der Waals surface area contributed by atoms with Gasteiger partial charge in [0.15, 0.2) is 0 Å². The maximum atomic E-state index is 12.0. The lowest BCUT2D eigenvalue weighted by atomic mass is 10.2. The molecule has 0 aliphatic carbocycles. The summed E-state index contributed by atoms with van der Waals surface area (Å²) in [5, 5.41) is 2.59. The van der Waals surface area contributed by atoms with Crippen LogP contribution in [-0.2, 0) is 33.2 Å². The molecule has 9 nitrogen and oxygen atoms in total. The van der Waals surface area contributed by atoms with Crippen LogP contribution < -0.4 is 5.32 Å². The molecule has 30 heavy (non-hydrogen) atoms. The Morgan fingerprint density at radius 3 is 1.90 bits per heavy atom. The molecule has 0 aromatic heterocycles. The third kappa shape index (κ3) is 12.8. The molecule has 0 spiro atoms. The van der Waals surface area contributed by atoms with Crippen molar-refractivity contribution in [1.82, 2.24) is 5.32 Å². The molecule has 0 unspecified atom stereocenters. The van der Waals surface area contributed by atoms with Crippen molar-refractivity contribution in [2.24, 2.45) is 0 Å². The van der Waals surface area contributed by atoms with Gasteiger partial charge in [-0.2, -0.15) is 8.42 Å². The highest BCUT2D eigenvalue weighted by Gasteiger charge is 2.15. The normalized spacial score (nSPS) is 12.0. The van der Waals surface area contributed by atoms with Gasteiger partial charge in [0.1, 0.15) is 5.60 Å². The topological polar surface area (TPSA) is 109 Å². The van der Waals surface area contributed by atoms with E-state index in [0.717, 1.165) is 5.56 Å². The average molecular weight is 448 g/mol. The minimum Gasteiger partial charge on any atom is -0.444 e. The molecule has 0 fully saturated rings. The number of ether oxygens (including phenoxy) is 4. The molecule has 0 saturated heterocycles. The molecule has 1 amide bonds. The molecular formula is C20H33NO8S. The summed E-state index contributed by atoms with van der Waals surface area (Å²) in [6.07, 6.45) is -0.477. The van der Waals surface area contributed by atoms with E-state index in [0.29, 0.717) is 39.6 Å². The second-order valence-corrected chi connectivity index (χ2v) is 8.97. The molecular weight excluding hydrogens is 414 g/mol. The summed E-state index contributed by atoms with van der Waals surface area (Å²) in [7, 11) is -3.77. The Bertz CT molecular complexity index is 713. The highest BCUT2D eigenvalue weighted by molar-refractivity contribution is 7.86. The Morgan fingerprint density at radius 1 is 0.867 bits per heavy atom. The van der Waals surface area contributed by atoms with Crippen LogP contribution in [0.15, 0.2) is 29.2 Å². The summed E-state index contributed by atoms with van der Waals surface area (Å²) in [6, 6.07) is 6.45. The van der Waals surface area contributed by atoms with E-state index in [-0.39, 0.29) is 18.1 Å². The van der Waals surface area contributed by atoms with E-state index in [1.165, 1.54) is 12.1 Å². The number of hydrogen-bond acceptors (Lipinski definition) is 8. The molecule has 0 heterocycles. The van der Waals surface area contributed by atoms with Gasteiger partial charge in [-0.15, -0.1) is 0 Å². The van der Waals surface area contributed by atoms with Crippen molar-refractivity contribution in [3.63, 3.8) is 0 Å². The molecule has 1 N–H and O–H groups in total. The fourth-order valence-corrected chi connectivity index (χ4v) is 2.95. The van der Waals surface area contributed by atoms with E-state index in [1.54, 1.807) is 32.9 Å². The highest BCUT2D eigenvalue weighted by Crippen LogP contribution is 2.12. The van der Waals surface area contributed by atoms with Crippen LogP contribution in [0.3, 0.4) is 0 Å². The van der Waals surface area contributed by atoms with Gasteiger partial charge in [0.2, 0.25) is 0 Å². The molecule has 0 bridgehead atoms. The molecule has 1 aromatic carbocycles. The smallest absolute Gasteiger partial charge is 0.407 e. The molecule has 0 aliphatic heterocycles. The highest BCUT2D eigenvalue weighted by atomic mass is 32.2. The number of carbonyl (C=O) groups is 1. The summed E-state index contributed by atoms with van der Waals surface area (Å²) in [5.41, 5.74) is 0.447. The van der Waals surface area contributed by atoms with Crippen molar-refractivity contribution in [2.45, 2.75) is 38.2 Å². The Hall–Kier alpha value is -1.72. The van der Waals surface area contributed by atoms with E-state index in [2.05, 4.69) is 5.32 Å². The molecule has 1 aromatic rings. The second-order valence-electron chi connectivity index (χ2n) is 7.35. The van der Waals surface area contributed by atoms with Gasteiger partial charge < -0.3 is 24.3 Å². The molecule has 0 radical (unpaired) electrons. The van der Waals surface area contributed by atoms with Crippen molar-refractivity contribution in [1.29, 1.82) is 0 Å². The van der Waals surface area contributed by atoms with Crippen LogP contribution in [0.1, 0.15) is 26.3 Å². The Labute approximate surface area is 179 Å². The predicted molar refractivity (Wildman–Crippen MR) is 111 cm³/mol. The lowest BCUT2D eigenvalue weighted by Crippen LogP contribution is -2.34. The van der Waals surface area contributed by atoms with Crippen LogP contribution in [0.5, 0.6) is 0 Å². The van der Waals surface area contributed by atoms with Crippen LogP contribution >= 0.6 is 0 Å². The second kappa shape index (κ2) is 13.6. The quantitative estimate of drug-likeness (QED) is 0.342. The molecule has 1 rings (SSSR count). The van der Waals surface area contributed by atoms with Crippen molar-refractivity contribution >= 4 is 16.2 Å². The SMILES string of the molecule is Cc1ccc(S(=O)(=O)OCCOCCOCCOCCNC(=O)OC(C)(C)C)cc1. The van der Waals surface area contributed by atoms with Crippen LogP contribution in [0.2, 0.25) is 0 Å². The van der Waals surface area contributed by atoms with E-state index < -0.39 is 21.8 Å². The number of rotatable bonds is 14. The van der Waals surface area contributed by atoms with Crippen LogP contribution in [0.25, 0.3) is 0 Å². The van der Waals surface area contributed by atoms with Gasteiger partial charge in [-0.05, 0) is 39.8 Å². The Morgan fingerprint density at radius 2 is 1.37 bits per heavy atom. The van der Waals surface area contributed by atoms with E-state index in [4.69, 9.17) is 23.1 Å². The standard InChI is InChI=1S/C20H33NO8S/c1-17-5-7-18(8-6-17)30(23,24)28-16-15-27-14-13-26-12-11-25-10-9-21-19(22)29-20(2,3)4/h5-8H,9-16H2,1-4H3,(H,21,22). The zero-order chi connectivity index (χ0) is 22.5. The maximum absolute atomic E-state index is 12.0. The first-order valence-corrected chi connectivity index (χ1v) is 11.2. The summed E-state index contributed by atoms with van der Waals surface area (Å²) in [4.78, 5) is 11.5. The first-order chi connectivity index (χ1) is 14.1. The Kier molecular flexibility index (Phi) is 11.9. The van der Waals surface area contributed by atoms with Crippen molar-refractivity contribution in [3.8, 4) is 0 Å². The number of aryl methyl sites for hydroxylation is 1. The number of amides is 1. The van der Waals surface area contributed by atoms with E-state index in [9.17, 15) is 13.2 Å². The van der Waals surface area contributed by atoms with Gasteiger partial charge in [0.25, 0.3) is 10.1 Å². The average Bonchev–Trinajstić information content (AvgIpc) is 2.64. The number of benzene rings is 1. The van der Waals surface area contributed by atoms with Gasteiger partial charge in [-0.3, -0.25) is 4.18 Å². The summed E-state index contributed by atoms with van der Waals surface area (Å²) >= 11 is 0. The fourth-order valence-electron chi connectivity index (χ4n) is 2.06. The first kappa shape index (κ1) is 26.3. The van der Waals surface area contributed by atoms with E-state index in [1.807, 2.05) is 6.92 Å². The van der Waals surface area contributed by atoms with Crippen LogP contribution in [0, 0.1) is 6.92 Å². The van der Waals surface area contributed by atoms with Gasteiger partial charge >= 0.3 is 6.09 Å². The van der Waals surface area contributed by atoms with Gasteiger partial charge in [-0.25, -0.2) is 4.79 Å². The lowest BCUT2D eigenvalue weighted by Gasteiger charge is -2.19. The zero-order valence-corrected chi connectivity index (χ0v) is 19.0. The third-order valence-electron chi connectivity index (χ3n) is 3.43. The molecule has 0 atom stereocenters. The summed E-state index contributed by atoms with van der Waals surface area (Å²) < 4.78 is 49.9. The maximum Gasteiger partial charge on any atom is 0.407 e. The monoisotopic (exact) mass is 447 g/mol. The van der Waals surface area contributed by atoms with Gasteiger partial charge in [0, 0.05) is 6.54 Å². The molecule has 0 saturated carbocycles. The van der Waals surface area contributed by atoms with Gasteiger partial charge in [0.05, 0.1) is 51.1 Å². The number of hydrogen-bond donors (Lipinski definition) is 1. The van der Waals surface area contributed by atoms with E-state index >= 15 is 0 Å². The summed E-state index contributed by atoms with van der Waals surface area (Å²) in [6.45, 7) is 9.48. The lowest BCUT2D eigenvalue weighted by molar-refractivity contribution is 0.00939. The largest absolute Gasteiger partial charge is 0.444 e. The Balaban J connectivity index is 1.93. The number of carbonyl (C=O) groups excluding carboxylic acids is 1. The fraction of sp³-hybridized carbons (Fsp3) is 0.650. The molecule has 0 aliphatic rings. The van der Waals surface area contributed by atoms with Crippen molar-refractivity contribution < 1.29 is 36.3 Å². The molecule has 172 valence electrons. The summed E-state index contributed by atoms with van der Waals surface area (Å²) in [5.74, 6) is 0. The zero-order valence-electron chi connectivity index (χ0n) is 18.1. The number of alkyl carbamates (subject to hydrolysis) is 1. The third-order valence-corrected chi connectivity index (χ3v) is 4.76. The first-order valence-electron chi connectivity index (χ1n) is 9.76. The molecule has 10 heteroatoms. The minimum absolute atomic E-state index is 0.0655.